The minimum atomic E-state index is -0.111. The average molecular weight is 447 g/mol. The standard InChI is InChI=1S/C28H34N2O3/c1-20-7-6-10-23(17-20)27-25-18-24(33-19-26(31)29-14-4-5-15-29)12-11-21(25)13-16-30(27)28(32)22-8-2-3-9-22/h6-7,10-12,17-18,22,27H,2-5,8-9,13-16,19H2,1H3. The minimum absolute atomic E-state index is 0.0542. The largest absolute Gasteiger partial charge is 0.484 e. The summed E-state index contributed by atoms with van der Waals surface area (Å²) in [6, 6.07) is 14.5. The Morgan fingerprint density at radius 3 is 2.52 bits per heavy atom. The lowest BCUT2D eigenvalue weighted by atomic mass is 9.86. The molecule has 2 aromatic rings. The molecule has 2 heterocycles. The van der Waals surface area contributed by atoms with Crippen LogP contribution in [0.15, 0.2) is 42.5 Å². The zero-order valence-corrected chi connectivity index (χ0v) is 19.6. The van der Waals surface area contributed by atoms with Gasteiger partial charge in [0.1, 0.15) is 5.75 Å². The van der Waals surface area contributed by atoms with E-state index >= 15 is 0 Å². The lowest BCUT2D eigenvalue weighted by Crippen LogP contribution is -2.43. The highest BCUT2D eigenvalue weighted by Crippen LogP contribution is 2.40. The fourth-order valence-corrected chi connectivity index (χ4v) is 5.73. The lowest BCUT2D eigenvalue weighted by Gasteiger charge is -2.39. The van der Waals surface area contributed by atoms with Gasteiger partial charge >= 0.3 is 0 Å². The SMILES string of the molecule is Cc1cccc(C2c3cc(OCC(=O)N4CCCC4)ccc3CCN2C(=O)C2CCCC2)c1. The number of amides is 2. The van der Waals surface area contributed by atoms with Gasteiger partial charge in [0, 0.05) is 25.6 Å². The van der Waals surface area contributed by atoms with E-state index in [-0.39, 0.29) is 24.5 Å². The highest BCUT2D eigenvalue weighted by atomic mass is 16.5. The Morgan fingerprint density at radius 2 is 1.76 bits per heavy atom. The first-order chi connectivity index (χ1) is 16.1. The Morgan fingerprint density at radius 1 is 0.970 bits per heavy atom. The second-order valence-corrected chi connectivity index (χ2v) is 9.82. The first-order valence-electron chi connectivity index (χ1n) is 12.5. The Hall–Kier alpha value is -2.82. The monoisotopic (exact) mass is 446 g/mol. The number of hydrogen-bond acceptors (Lipinski definition) is 3. The summed E-state index contributed by atoms with van der Waals surface area (Å²) in [5.74, 6) is 1.20. The minimum Gasteiger partial charge on any atom is -0.484 e. The zero-order valence-electron chi connectivity index (χ0n) is 19.6. The fourth-order valence-electron chi connectivity index (χ4n) is 5.73. The van der Waals surface area contributed by atoms with Crippen LogP contribution in [0.2, 0.25) is 0 Å². The van der Waals surface area contributed by atoms with Crippen LogP contribution in [-0.2, 0) is 16.0 Å². The molecule has 1 aliphatic carbocycles. The first-order valence-corrected chi connectivity index (χ1v) is 12.5. The topological polar surface area (TPSA) is 49.9 Å². The molecule has 3 aliphatic rings. The van der Waals surface area contributed by atoms with Crippen LogP contribution in [0.1, 0.15) is 66.8 Å². The van der Waals surface area contributed by atoms with Gasteiger partial charge in [-0.3, -0.25) is 9.59 Å². The number of nitrogens with zero attached hydrogens (tertiary/aromatic N) is 2. The quantitative estimate of drug-likeness (QED) is 0.671. The highest BCUT2D eigenvalue weighted by Gasteiger charge is 2.36. The van der Waals surface area contributed by atoms with Crippen molar-refractivity contribution in [2.45, 2.75) is 57.9 Å². The van der Waals surface area contributed by atoms with Crippen molar-refractivity contribution < 1.29 is 14.3 Å². The third-order valence-electron chi connectivity index (χ3n) is 7.51. The van der Waals surface area contributed by atoms with Gasteiger partial charge in [0.05, 0.1) is 6.04 Å². The predicted octanol–water partition coefficient (Wildman–Crippen LogP) is 4.66. The maximum Gasteiger partial charge on any atom is 0.260 e. The molecule has 174 valence electrons. The molecule has 5 rings (SSSR count). The molecule has 1 saturated heterocycles. The number of benzene rings is 2. The third-order valence-corrected chi connectivity index (χ3v) is 7.51. The molecule has 1 atom stereocenters. The molecule has 0 bridgehead atoms. The van der Waals surface area contributed by atoms with E-state index in [2.05, 4.69) is 48.2 Å². The van der Waals surface area contributed by atoms with Crippen LogP contribution >= 0.6 is 0 Å². The number of aryl methyl sites for hydroxylation is 1. The van der Waals surface area contributed by atoms with Gasteiger partial charge in [-0.05, 0) is 67.9 Å². The zero-order chi connectivity index (χ0) is 22.8. The number of rotatable bonds is 5. The van der Waals surface area contributed by atoms with Crippen molar-refractivity contribution in [3.8, 4) is 5.75 Å². The summed E-state index contributed by atoms with van der Waals surface area (Å²) >= 11 is 0. The molecule has 2 fully saturated rings. The van der Waals surface area contributed by atoms with Gasteiger partial charge in [0.15, 0.2) is 6.61 Å². The normalized spacial score (nSPS) is 20.7. The van der Waals surface area contributed by atoms with Crippen LogP contribution in [0.4, 0.5) is 0 Å². The van der Waals surface area contributed by atoms with Crippen LogP contribution in [0.3, 0.4) is 0 Å². The Kier molecular flexibility index (Phi) is 6.39. The van der Waals surface area contributed by atoms with E-state index in [1.54, 1.807) is 0 Å². The number of carbonyl (C=O) groups is 2. The van der Waals surface area contributed by atoms with Crippen molar-refractivity contribution in [1.82, 2.24) is 9.80 Å². The van der Waals surface area contributed by atoms with Crippen molar-refractivity contribution in [2.24, 2.45) is 5.92 Å². The molecule has 5 nitrogen and oxygen atoms in total. The number of ether oxygens (including phenoxy) is 1. The van der Waals surface area contributed by atoms with E-state index in [1.165, 1.54) is 11.1 Å². The maximum absolute atomic E-state index is 13.6. The molecular formula is C28H34N2O3. The van der Waals surface area contributed by atoms with E-state index in [4.69, 9.17) is 4.74 Å². The van der Waals surface area contributed by atoms with E-state index in [0.29, 0.717) is 11.7 Å². The molecule has 1 saturated carbocycles. The van der Waals surface area contributed by atoms with Gasteiger partial charge in [-0.2, -0.15) is 0 Å². The van der Waals surface area contributed by atoms with Crippen LogP contribution in [0, 0.1) is 12.8 Å². The molecule has 0 N–H and O–H groups in total. The maximum atomic E-state index is 13.6. The summed E-state index contributed by atoms with van der Waals surface area (Å²) in [4.78, 5) is 30.0. The van der Waals surface area contributed by atoms with Crippen molar-refractivity contribution in [3.63, 3.8) is 0 Å². The summed E-state index contributed by atoms with van der Waals surface area (Å²) < 4.78 is 5.96. The van der Waals surface area contributed by atoms with E-state index in [1.807, 2.05) is 11.0 Å². The summed E-state index contributed by atoms with van der Waals surface area (Å²) in [5, 5.41) is 0. The smallest absolute Gasteiger partial charge is 0.260 e. The van der Waals surface area contributed by atoms with Gasteiger partial charge < -0.3 is 14.5 Å². The number of carbonyl (C=O) groups excluding carboxylic acids is 2. The molecule has 5 heteroatoms. The van der Waals surface area contributed by atoms with E-state index < -0.39 is 0 Å². The molecular weight excluding hydrogens is 412 g/mol. The van der Waals surface area contributed by atoms with Gasteiger partial charge in [-0.15, -0.1) is 0 Å². The molecule has 0 radical (unpaired) electrons. The van der Waals surface area contributed by atoms with Gasteiger partial charge in [0.25, 0.3) is 5.91 Å². The molecule has 0 spiro atoms. The van der Waals surface area contributed by atoms with Crippen molar-refractivity contribution in [3.05, 3.63) is 64.7 Å². The fraction of sp³-hybridized carbons (Fsp3) is 0.500. The molecule has 0 aromatic heterocycles. The molecule has 1 unspecified atom stereocenters. The summed E-state index contributed by atoms with van der Waals surface area (Å²) in [7, 11) is 0. The Labute approximate surface area is 196 Å². The van der Waals surface area contributed by atoms with Crippen molar-refractivity contribution in [1.29, 1.82) is 0 Å². The number of likely N-dealkylation sites (tertiary alicyclic amines) is 1. The molecule has 2 aliphatic heterocycles. The average Bonchev–Trinajstić information content (AvgIpc) is 3.56. The van der Waals surface area contributed by atoms with Crippen LogP contribution in [0.5, 0.6) is 5.75 Å². The van der Waals surface area contributed by atoms with Crippen LogP contribution in [0.25, 0.3) is 0 Å². The first kappa shape index (κ1) is 22.0. The number of hydrogen-bond donors (Lipinski definition) is 0. The van der Waals surface area contributed by atoms with Gasteiger partial charge in [-0.1, -0.05) is 48.7 Å². The highest BCUT2D eigenvalue weighted by molar-refractivity contribution is 5.81. The molecule has 33 heavy (non-hydrogen) atoms. The summed E-state index contributed by atoms with van der Waals surface area (Å²) in [5.41, 5.74) is 4.73. The summed E-state index contributed by atoms with van der Waals surface area (Å²) in [6.07, 6.45) is 7.32. The molecule has 2 aromatic carbocycles. The third kappa shape index (κ3) is 4.64. The number of fused-ring (bicyclic) bond motifs is 1. The van der Waals surface area contributed by atoms with Gasteiger partial charge in [-0.25, -0.2) is 0 Å². The van der Waals surface area contributed by atoms with Crippen LogP contribution in [-0.4, -0.2) is 47.9 Å². The molecule has 2 amide bonds. The second kappa shape index (κ2) is 9.58. The predicted molar refractivity (Wildman–Crippen MR) is 128 cm³/mol. The van der Waals surface area contributed by atoms with E-state index in [0.717, 1.165) is 75.7 Å². The van der Waals surface area contributed by atoms with E-state index in [9.17, 15) is 9.59 Å². The summed E-state index contributed by atoms with van der Waals surface area (Å²) in [6.45, 7) is 4.58. The Bertz CT molecular complexity index is 1020. The van der Waals surface area contributed by atoms with Crippen molar-refractivity contribution >= 4 is 11.8 Å². The van der Waals surface area contributed by atoms with Crippen molar-refractivity contribution in [2.75, 3.05) is 26.2 Å². The van der Waals surface area contributed by atoms with Crippen LogP contribution < -0.4 is 4.74 Å². The Balaban J connectivity index is 1.44. The lowest BCUT2D eigenvalue weighted by molar-refractivity contribution is -0.137. The second-order valence-electron chi connectivity index (χ2n) is 9.82. The van der Waals surface area contributed by atoms with Gasteiger partial charge in [0.2, 0.25) is 5.91 Å².